The number of rotatable bonds is 8. The number of hydrogen-bond donors (Lipinski definition) is 2. The highest BCUT2D eigenvalue weighted by Crippen LogP contribution is 2.40. The van der Waals surface area contributed by atoms with E-state index in [2.05, 4.69) is 25.7 Å². The second kappa shape index (κ2) is 10.7. The fourth-order valence-corrected chi connectivity index (χ4v) is 6.17. The van der Waals surface area contributed by atoms with E-state index >= 15 is 0 Å². The maximum absolute atomic E-state index is 13.9. The van der Waals surface area contributed by atoms with Gasteiger partial charge in [-0.15, -0.1) is 0 Å². The molecule has 218 valence electrons. The number of hydrogen-bond acceptors (Lipinski definition) is 8. The van der Waals surface area contributed by atoms with Gasteiger partial charge in [0.2, 0.25) is 11.8 Å². The lowest BCUT2D eigenvalue weighted by Crippen LogP contribution is -2.54. The summed E-state index contributed by atoms with van der Waals surface area (Å²) in [5.74, 6) is -1.84. The predicted octanol–water partition coefficient (Wildman–Crippen LogP) is 3.88. The minimum absolute atomic E-state index is 0.0884. The Morgan fingerprint density at radius 2 is 1.86 bits per heavy atom. The van der Waals surface area contributed by atoms with Crippen LogP contribution in [0.3, 0.4) is 0 Å². The van der Waals surface area contributed by atoms with Gasteiger partial charge in [0.25, 0.3) is 11.8 Å². The Kier molecular flexibility index (Phi) is 6.68. The van der Waals surface area contributed by atoms with Crippen molar-refractivity contribution in [1.29, 1.82) is 0 Å². The molecule has 2 aromatic heterocycles. The highest BCUT2D eigenvalue weighted by molar-refractivity contribution is 6.23. The monoisotopic (exact) mass is 581 g/mol. The Morgan fingerprint density at radius 3 is 2.70 bits per heavy atom. The van der Waals surface area contributed by atoms with Crippen molar-refractivity contribution in [2.45, 2.75) is 50.6 Å². The van der Waals surface area contributed by atoms with Crippen molar-refractivity contribution < 1.29 is 23.6 Å². The number of amides is 4. The molecule has 1 atom stereocenters. The molecule has 4 aromatic rings. The lowest BCUT2D eigenvalue weighted by Gasteiger charge is -2.35. The van der Waals surface area contributed by atoms with E-state index < -0.39 is 29.7 Å². The van der Waals surface area contributed by atoms with Gasteiger partial charge in [-0.1, -0.05) is 6.07 Å². The van der Waals surface area contributed by atoms with E-state index in [4.69, 9.17) is 0 Å². The Bertz CT molecular complexity index is 1800. The Labute approximate surface area is 245 Å². The maximum Gasteiger partial charge on any atom is 0.262 e. The van der Waals surface area contributed by atoms with Gasteiger partial charge in [0.15, 0.2) is 5.82 Å². The number of imide groups is 2. The molecule has 11 nitrogen and oxygen atoms in total. The first-order valence-electron chi connectivity index (χ1n) is 14.4. The standard InChI is InChI=1S/C31H28FN7O4/c32-23-4-1-5-24-28(23)34-15-25(36-24)18-14-35-38(16-18)20-11-17(12-20)3-2-10-33-19-6-7-21-22(13-19)31(43)39(30(21)42)26-8-9-27(40)37-29(26)41/h1,4-7,13-17,20,26,33H,2-3,8-12H2,(H,37,40,41). The molecule has 1 saturated heterocycles. The molecule has 2 fully saturated rings. The lowest BCUT2D eigenvalue weighted by molar-refractivity contribution is -0.136. The van der Waals surface area contributed by atoms with Gasteiger partial charge < -0.3 is 5.32 Å². The van der Waals surface area contributed by atoms with E-state index in [9.17, 15) is 23.6 Å². The average molecular weight is 582 g/mol. The van der Waals surface area contributed by atoms with Crippen LogP contribution in [0.5, 0.6) is 0 Å². The van der Waals surface area contributed by atoms with Crippen molar-refractivity contribution in [2.75, 3.05) is 11.9 Å². The van der Waals surface area contributed by atoms with E-state index in [1.807, 2.05) is 10.9 Å². The second-order valence-electron chi connectivity index (χ2n) is 11.3. The maximum atomic E-state index is 13.9. The molecule has 1 saturated carbocycles. The zero-order valence-corrected chi connectivity index (χ0v) is 23.1. The normalized spacial score (nSPS) is 21.6. The largest absolute Gasteiger partial charge is 0.385 e. The van der Waals surface area contributed by atoms with E-state index in [0.29, 0.717) is 29.7 Å². The number of halogens is 1. The fourth-order valence-electron chi connectivity index (χ4n) is 6.17. The highest BCUT2D eigenvalue weighted by Gasteiger charge is 2.44. The van der Waals surface area contributed by atoms with Gasteiger partial charge in [0.05, 0.1) is 40.8 Å². The smallest absolute Gasteiger partial charge is 0.262 e. The zero-order chi connectivity index (χ0) is 29.7. The van der Waals surface area contributed by atoms with Crippen LogP contribution in [-0.4, -0.2) is 60.9 Å². The molecule has 2 aromatic carbocycles. The third-order valence-corrected chi connectivity index (χ3v) is 8.56. The molecule has 43 heavy (non-hydrogen) atoms. The molecule has 1 aliphatic carbocycles. The lowest BCUT2D eigenvalue weighted by atomic mass is 9.77. The summed E-state index contributed by atoms with van der Waals surface area (Å²) in [5.41, 5.74) is 3.54. The van der Waals surface area contributed by atoms with Crippen LogP contribution in [0, 0.1) is 11.7 Å². The molecule has 2 N–H and O–H groups in total. The van der Waals surface area contributed by atoms with Crippen LogP contribution in [0.15, 0.2) is 55.0 Å². The van der Waals surface area contributed by atoms with Gasteiger partial charge in [-0.2, -0.15) is 5.10 Å². The minimum atomic E-state index is -0.973. The van der Waals surface area contributed by atoms with Gasteiger partial charge >= 0.3 is 0 Å². The van der Waals surface area contributed by atoms with E-state index in [1.165, 1.54) is 6.07 Å². The number of aromatic nitrogens is 4. The summed E-state index contributed by atoms with van der Waals surface area (Å²) in [7, 11) is 0. The number of fused-ring (bicyclic) bond motifs is 2. The quantitative estimate of drug-likeness (QED) is 0.236. The molecule has 0 spiro atoms. The van der Waals surface area contributed by atoms with Crippen molar-refractivity contribution in [1.82, 2.24) is 30.0 Å². The average Bonchev–Trinajstić information content (AvgIpc) is 3.55. The molecule has 2 aliphatic heterocycles. The third kappa shape index (κ3) is 4.92. The van der Waals surface area contributed by atoms with Crippen LogP contribution in [0.4, 0.5) is 10.1 Å². The van der Waals surface area contributed by atoms with Crippen LogP contribution in [-0.2, 0) is 9.59 Å². The molecular formula is C31H28FN7O4. The summed E-state index contributed by atoms with van der Waals surface area (Å²) < 4.78 is 15.9. The molecule has 4 heterocycles. The van der Waals surface area contributed by atoms with E-state index in [1.54, 1.807) is 42.7 Å². The fraction of sp³-hybridized carbons (Fsp3) is 0.323. The summed E-state index contributed by atoms with van der Waals surface area (Å²) >= 11 is 0. The van der Waals surface area contributed by atoms with Crippen LogP contribution in [0.2, 0.25) is 0 Å². The van der Waals surface area contributed by atoms with Crippen molar-refractivity contribution in [3.8, 4) is 11.3 Å². The third-order valence-electron chi connectivity index (χ3n) is 8.56. The summed E-state index contributed by atoms with van der Waals surface area (Å²) in [4.78, 5) is 59.4. The molecule has 0 bridgehead atoms. The Hall–Kier alpha value is -5.00. The highest BCUT2D eigenvalue weighted by atomic mass is 19.1. The van der Waals surface area contributed by atoms with Gasteiger partial charge in [-0.3, -0.25) is 34.1 Å². The van der Waals surface area contributed by atoms with E-state index in [0.717, 1.165) is 41.8 Å². The van der Waals surface area contributed by atoms with Gasteiger partial charge in [0, 0.05) is 30.4 Å². The first-order valence-corrected chi connectivity index (χ1v) is 14.4. The number of nitrogens with one attached hydrogen (secondary N) is 2. The first-order chi connectivity index (χ1) is 20.9. The minimum Gasteiger partial charge on any atom is -0.385 e. The van der Waals surface area contributed by atoms with E-state index in [-0.39, 0.29) is 35.3 Å². The van der Waals surface area contributed by atoms with Crippen molar-refractivity contribution in [3.63, 3.8) is 0 Å². The molecule has 1 unspecified atom stereocenters. The number of carbonyl (C=O) groups excluding carboxylic acids is 4. The number of carbonyl (C=O) groups is 4. The molecule has 7 rings (SSSR count). The summed E-state index contributed by atoms with van der Waals surface area (Å²) in [5, 5.41) is 10.1. The Balaban J connectivity index is 0.891. The van der Waals surface area contributed by atoms with Crippen LogP contribution in [0.1, 0.15) is 65.3 Å². The first kappa shape index (κ1) is 26.9. The number of anilines is 1. The molecule has 0 radical (unpaired) electrons. The second-order valence-corrected chi connectivity index (χ2v) is 11.3. The van der Waals surface area contributed by atoms with Gasteiger partial charge in [-0.05, 0) is 68.4 Å². The van der Waals surface area contributed by atoms with Crippen LogP contribution in [0.25, 0.3) is 22.3 Å². The van der Waals surface area contributed by atoms with Crippen molar-refractivity contribution >= 4 is 40.3 Å². The van der Waals surface area contributed by atoms with Crippen LogP contribution < -0.4 is 10.6 Å². The van der Waals surface area contributed by atoms with Crippen LogP contribution >= 0.6 is 0 Å². The predicted molar refractivity (Wildman–Crippen MR) is 153 cm³/mol. The number of para-hydroxylation sites is 1. The van der Waals surface area contributed by atoms with Gasteiger partial charge in [0.1, 0.15) is 11.6 Å². The summed E-state index contributed by atoms with van der Waals surface area (Å²) in [6, 6.07) is 9.13. The SMILES string of the molecule is O=C1CCC(N2C(=O)c3ccc(NCCCC4CC(n5cc(-c6cnc7c(F)cccc7n6)cn5)C4)cc3C2=O)C(=O)N1. The van der Waals surface area contributed by atoms with Crippen molar-refractivity contribution in [3.05, 3.63) is 71.9 Å². The Morgan fingerprint density at radius 1 is 1.02 bits per heavy atom. The van der Waals surface area contributed by atoms with Gasteiger partial charge in [-0.25, -0.2) is 14.4 Å². The molecule has 4 amide bonds. The summed E-state index contributed by atoms with van der Waals surface area (Å²) in [6.45, 7) is 0.714. The summed E-state index contributed by atoms with van der Waals surface area (Å²) in [6.07, 6.45) is 9.58. The number of benzene rings is 2. The molecule has 3 aliphatic rings. The number of piperidine rings is 1. The number of nitrogens with zero attached hydrogens (tertiary/aromatic N) is 5. The molecule has 12 heteroatoms. The molecular weight excluding hydrogens is 553 g/mol. The van der Waals surface area contributed by atoms with Crippen molar-refractivity contribution in [2.24, 2.45) is 5.92 Å². The topological polar surface area (TPSA) is 139 Å². The zero-order valence-electron chi connectivity index (χ0n) is 23.1.